The van der Waals surface area contributed by atoms with E-state index in [0.29, 0.717) is 12.3 Å². The Bertz CT molecular complexity index is 857. The van der Waals surface area contributed by atoms with E-state index in [4.69, 9.17) is 4.74 Å². The number of amides is 1. The second kappa shape index (κ2) is 11.7. The Morgan fingerprint density at radius 2 is 1.47 bits per heavy atom. The zero-order valence-corrected chi connectivity index (χ0v) is 19.2. The molecule has 1 aliphatic rings. The molecule has 0 aliphatic heterocycles. The summed E-state index contributed by atoms with van der Waals surface area (Å²) in [5, 5.41) is 12.3. The predicted molar refractivity (Wildman–Crippen MR) is 127 cm³/mol. The molecule has 0 fully saturated rings. The highest BCUT2D eigenvalue weighted by Gasteiger charge is 2.30. The first-order valence-corrected chi connectivity index (χ1v) is 11.9. The average Bonchev–Trinajstić information content (AvgIpc) is 3.12. The fraction of sp³-hybridized carbons (Fsp3) is 0.481. The lowest BCUT2D eigenvalue weighted by molar-refractivity contribution is -0.139. The highest BCUT2D eigenvalue weighted by atomic mass is 16.5. The first-order valence-electron chi connectivity index (χ1n) is 11.9. The molecule has 0 bridgehead atoms. The first kappa shape index (κ1) is 23.8. The fourth-order valence-electron chi connectivity index (χ4n) is 4.70. The third kappa shape index (κ3) is 5.90. The number of benzene rings is 2. The summed E-state index contributed by atoms with van der Waals surface area (Å²) in [5.74, 6) is -0.750. The van der Waals surface area contributed by atoms with Gasteiger partial charge in [0, 0.05) is 5.92 Å². The summed E-state index contributed by atoms with van der Waals surface area (Å²) in [4.78, 5) is 24.4. The number of fused-ring (bicyclic) bond motifs is 3. The van der Waals surface area contributed by atoms with Crippen LogP contribution in [0.3, 0.4) is 0 Å². The number of unbranched alkanes of at least 4 members (excludes halogenated alkanes) is 2. The minimum Gasteiger partial charge on any atom is -0.480 e. The molecule has 2 aromatic carbocycles. The Balaban J connectivity index is 1.62. The molecule has 5 heteroatoms. The minimum absolute atomic E-state index is 0.0433. The van der Waals surface area contributed by atoms with Crippen molar-refractivity contribution >= 4 is 12.1 Å². The van der Waals surface area contributed by atoms with E-state index in [2.05, 4.69) is 43.4 Å². The van der Waals surface area contributed by atoms with E-state index >= 15 is 0 Å². The van der Waals surface area contributed by atoms with Crippen LogP contribution in [0.1, 0.15) is 75.8 Å². The third-order valence-electron chi connectivity index (χ3n) is 6.43. The SMILES string of the molecule is CCCCC(CCCC)CC(NC(=O)OCC1c2ccccc2-c2ccccc21)C(=O)O. The summed E-state index contributed by atoms with van der Waals surface area (Å²) in [6.45, 7) is 4.46. The Morgan fingerprint density at radius 1 is 0.938 bits per heavy atom. The van der Waals surface area contributed by atoms with Gasteiger partial charge >= 0.3 is 12.1 Å². The number of carboxylic acid groups (broad SMARTS) is 1. The van der Waals surface area contributed by atoms with E-state index in [0.717, 1.165) is 60.8 Å². The van der Waals surface area contributed by atoms with Crippen molar-refractivity contribution in [3.8, 4) is 11.1 Å². The number of aliphatic carboxylic acids is 1. The van der Waals surface area contributed by atoms with Gasteiger partial charge in [0.05, 0.1) is 0 Å². The Morgan fingerprint density at radius 3 is 1.97 bits per heavy atom. The van der Waals surface area contributed by atoms with Crippen molar-refractivity contribution in [2.75, 3.05) is 6.61 Å². The Hall–Kier alpha value is -2.82. The quantitative estimate of drug-likeness (QED) is 0.405. The second-order valence-electron chi connectivity index (χ2n) is 8.75. The first-order chi connectivity index (χ1) is 15.5. The van der Waals surface area contributed by atoms with Gasteiger partial charge in [-0.1, -0.05) is 101 Å². The van der Waals surface area contributed by atoms with Gasteiger partial charge in [-0.2, -0.15) is 0 Å². The molecule has 1 unspecified atom stereocenters. The highest BCUT2D eigenvalue weighted by molar-refractivity contribution is 5.81. The van der Waals surface area contributed by atoms with Crippen molar-refractivity contribution in [1.82, 2.24) is 5.32 Å². The van der Waals surface area contributed by atoms with Crippen LogP contribution < -0.4 is 5.32 Å². The summed E-state index contributed by atoms with van der Waals surface area (Å²) in [6, 6.07) is 15.4. The summed E-state index contributed by atoms with van der Waals surface area (Å²) < 4.78 is 5.55. The number of ether oxygens (including phenoxy) is 1. The lowest BCUT2D eigenvalue weighted by Gasteiger charge is -2.22. The van der Waals surface area contributed by atoms with Gasteiger partial charge in [0.2, 0.25) is 0 Å². The summed E-state index contributed by atoms with van der Waals surface area (Å²) in [5.41, 5.74) is 4.59. The van der Waals surface area contributed by atoms with Crippen molar-refractivity contribution < 1.29 is 19.4 Å². The van der Waals surface area contributed by atoms with Crippen LogP contribution >= 0.6 is 0 Å². The van der Waals surface area contributed by atoms with Crippen LogP contribution in [-0.4, -0.2) is 29.8 Å². The van der Waals surface area contributed by atoms with Crippen molar-refractivity contribution in [2.45, 2.75) is 70.8 Å². The van der Waals surface area contributed by atoms with Crippen LogP contribution in [0, 0.1) is 5.92 Å². The van der Waals surface area contributed by atoms with E-state index in [1.54, 1.807) is 0 Å². The van der Waals surface area contributed by atoms with Gasteiger partial charge in [0.25, 0.3) is 0 Å². The second-order valence-corrected chi connectivity index (χ2v) is 8.75. The lowest BCUT2D eigenvalue weighted by Crippen LogP contribution is -2.42. The van der Waals surface area contributed by atoms with Gasteiger partial charge < -0.3 is 15.2 Å². The third-order valence-corrected chi connectivity index (χ3v) is 6.43. The van der Waals surface area contributed by atoms with Gasteiger partial charge in [-0.05, 0) is 34.6 Å². The molecule has 0 aromatic heterocycles. The molecule has 0 heterocycles. The molecule has 1 aliphatic carbocycles. The summed E-state index contributed by atoms with van der Waals surface area (Å²) in [7, 11) is 0. The fourth-order valence-corrected chi connectivity index (χ4v) is 4.70. The normalized spacial score (nSPS) is 13.5. The van der Waals surface area contributed by atoms with Gasteiger partial charge in [-0.25, -0.2) is 9.59 Å². The van der Waals surface area contributed by atoms with Crippen LogP contribution in [0.4, 0.5) is 4.79 Å². The molecule has 0 spiro atoms. The topological polar surface area (TPSA) is 75.6 Å². The minimum atomic E-state index is -1.00. The van der Waals surface area contributed by atoms with Gasteiger partial charge in [-0.15, -0.1) is 0 Å². The zero-order chi connectivity index (χ0) is 22.9. The number of carbonyl (C=O) groups is 2. The molecular formula is C27H35NO4. The van der Waals surface area contributed by atoms with Crippen LogP contribution in [0.25, 0.3) is 11.1 Å². The van der Waals surface area contributed by atoms with Crippen LogP contribution in [0.5, 0.6) is 0 Å². The van der Waals surface area contributed by atoms with Crippen LogP contribution in [0.2, 0.25) is 0 Å². The molecule has 2 aromatic rings. The van der Waals surface area contributed by atoms with Crippen molar-refractivity contribution in [3.63, 3.8) is 0 Å². The van der Waals surface area contributed by atoms with Crippen molar-refractivity contribution in [2.24, 2.45) is 5.92 Å². The molecule has 0 saturated heterocycles. The van der Waals surface area contributed by atoms with E-state index in [1.807, 2.05) is 24.3 Å². The van der Waals surface area contributed by atoms with Crippen LogP contribution in [-0.2, 0) is 9.53 Å². The lowest BCUT2D eigenvalue weighted by atomic mass is 9.90. The maximum absolute atomic E-state index is 12.6. The maximum atomic E-state index is 12.6. The Kier molecular flexibility index (Phi) is 8.72. The highest BCUT2D eigenvalue weighted by Crippen LogP contribution is 2.44. The van der Waals surface area contributed by atoms with E-state index in [1.165, 1.54) is 0 Å². The maximum Gasteiger partial charge on any atom is 0.407 e. The van der Waals surface area contributed by atoms with Gasteiger partial charge in [0.15, 0.2) is 0 Å². The number of hydrogen-bond donors (Lipinski definition) is 2. The van der Waals surface area contributed by atoms with Gasteiger partial charge in [-0.3, -0.25) is 0 Å². The average molecular weight is 438 g/mol. The smallest absolute Gasteiger partial charge is 0.407 e. The molecule has 32 heavy (non-hydrogen) atoms. The van der Waals surface area contributed by atoms with E-state index < -0.39 is 18.1 Å². The molecule has 0 saturated carbocycles. The number of alkyl carbamates (subject to hydrolysis) is 1. The van der Waals surface area contributed by atoms with Crippen molar-refractivity contribution in [1.29, 1.82) is 0 Å². The Labute approximate surface area is 191 Å². The molecule has 5 nitrogen and oxygen atoms in total. The number of nitrogens with one attached hydrogen (secondary N) is 1. The number of hydrogen-bond acceptors (Lipinski definition) is 3. The van der Waals surface area contributed by atoms with E-state index in [-0.39, 0.29) is 12.5 Å². The largest absolute Gasteiger partial charge is 0.480 e. The molecule has 1 amide bonds. The molecule has 2 N–H and O–H groups in total. The summed E-state index contributed by atoms with van der Waals surface area (Å²) >= 11 is 0. The standard InChI is InChI=1S/C27H35NO4/c1-3-5-11-19(12-6-4-2)17-25(26(29)30)28-27(31)32-18-24-22-15-9-7-13-20(22)21-14-8-10-16-23(21)24/h7-10,13-16,19,24-25H,3-6,11-12,17-18H2,1-2H3,(H,28,31)(H,29,30). The molecule has 1 atom stereocenters. The zero-order valence-electron chi connectivity index (χ0n) is 19.2. The molecule has 172 valence electrons. The predicted octanol–water partition coefficient (Wildman–Crippen LogP) is 6.37. The number of carboxylic acids is 1. The van der Waals surface area contributed by atoms with E-state index in [9.17, 15) is 14.7 Å². The molecule has 3 rings (SSSR count). The van der Waals surface area contributed by atoms with Crippen LogP contribution in [0.15, 0.2) is 48.5 Å². The number of rotatable bonds is 12. The van der Waals surface area contributed by atoms with Gasteiger partial charge in [0.1, 0.15) is 12.6 Å². The van der Waals surface area contributed by atoms with Crippen molar-refractivity contribution in [3.05, 3.63) is 59.7 Å². The summed E-state index contributed by atoms with van der Waals surface area (Å²) in [6.07, 6.45) is 6.08. The monoisotopic (exact) mass is 437 g/mol. The molecule has 0 radical (unpaired) electrons. The molecular weight excluding hydrogens is 402 g/mol. The number of carbonyl (C=O) groups excluding carboxylic acids is 1.